The standard InChI is InChI=1S/C11H12ClNO2S/c1-2-15-11(14)9-6-7-5-8(12)3-4-10(7)16-13-9/h3-5,9,13H,2,6H2,1H3. The Balaban J connectivity index is 2.13. The van der Waals surface area contributed by atoms with E-state index in [9.17, 15) is 4.79 Å². The van der Waals surface area contributed by atoms with Gasteiger partial charge in [-0.05, 0) is 42.6 Å². The second-order valence-corrected chi connectivity index (χ2v) is 4.80. The highest BCUT2D eigenvalue weighted by Crippen LogP contribution is 2.29. The predicted molar refractivity (Wildman–Crippen MR) is 64.6 cm³/mol. The first-order valence-electron chi connectivity index (χ1n) is 5.08. The summed E-state index contributed by atoms with van der Waals surface area (Å²) >= 11 is 7.37. The van der Waals surface area contributed by atoms with Gasteiger partial charge >= 0.3 is 5.97 Å². The second kappa shape index (κ2) is 5.08. The molecule has 1 heterocycles. The summed E-state index contributed by atoms with van der Waals surface area (Å²) in [6, 6.07) is 5.42. The number of benzene rings is 1. The monoisotopic (exact) mass is 257 g/mol. The first kappa shape index (κ1) is 11.8. The minimum Gasteiger partial charge on any atom is -0.465 e. The van der Waals surface area contributed by atoms with Crippen molar-refractivity contribution >= 4 is 29.5 Å². The van der Waals surface area contributed by atoms with E-state index in [0.717, 1.165) is 10.5 Å². The van der Waals surface area contributed by atoms with Crippen molar-refractivity contribution in [3.63, 3.8) is 0 Å². The van der Waals surface area contributed by atoms with Crippen LogP contribution < -0.4 is 4.72 Å². The molecule has 2 rings (SSSR count). The number of ether oxygens (including phenoxy) is 1. The zero-order chi connectivity index (χ0) is 11.5. The molecule has 1 aliphatic heterocycles. The van der Waals surface area contributed by atoms with E-state index in [1.807, 2.05) is 18.2 Å². The molecule has 1 aromatic carbocycles. The van der Waals surface area contributed by atoms with Crippen LogP contribution in [0.25, 0.3) is 0 Å². The van der Waals surface area contributed by atoms with Crippen molar-refractivity contribution in [1.29, 1.82) is 0 Å². The summed E-state index contributed by atoms with van der Waals surface area (Å²) in [5, 5.41) is 0.698. The maximum Gasteiger partial charge on any atom is 0.324 e. The Bertz CT molecular complexity index is 411. The number of fused-ring (bicyclic) bond motifs is 1. The molecule has 1 unspecified atom stereocenters. The molecule has 0 saturated heterocycles. The number of halogens is 1. The van der Waals surface area contributed by atoms with Crippen molar-refractivity contribution in [3.05, 3.63) is 28.8 Å². The van der Waals surface area contributed by atoms with E-state index in [1.165, 1.54) is 11.9 Å². The van der Waals surface area contributed by atoms with Gasteiger partial charge in [-0.15, -0.1) is 0 Å². The van der Waals surface area contributed by atoms with Crippen LogP contribution >= 0.6 is 23.5 Å². The zero-order valence-electron chi connectivity index (χ0n) is 8.83. The number of carbonyl (C=O) groups excluding carboxylic acids is 1. The SMILES string of the molecule is CCOC(=O)C1Cc2cc(Cl)ccc2SN1. The van der Waals surface area contributed by atoms with Gasteiger partial charge < -0.3 is 4.74 Å². The molecule has 0 radical (unpaired) electrons. The van der Waals surface area contributed by atoms with Crippen LogP contribution in [0.2, 0.25) is 5.02 Å². The molecule has 0 saturated carbocycles. The van der Waals surface area contributed by atoms with Gasteiger partial charge in [-0.1, -0.05) is 11.6 Å². The molecule has 0 bridgehead atoms. The van der Waals surface area contributed by atoms with E-state index in [2.05, 4.69) is 4.72 Å². The molecule has 0 aromatic heterocycles. The molecular formula is C11H12ClNO2S. The highest BCUT2D eigenvalue weighted by Gasteiger charge is 2.25. The van der Waals surface area contributed by atoms with Crippen molar-refractivity contribution in [3.8, 4) is 0 Å². The van der Waals surface area contributed by atoms with Gasteiger partial charge in [0.1, 0.15) is 6.04 Å². The number of hydrogen-bond acceptors (Lipinski definition) is 4. The fourth-order valence-electron chi connectivity index (χ4n) is 1.58. The third kappa shape index (κ3) is 2.51. The number of nitrogens with one attached hydrogen (secondary N) is 1. The van der Waals surface area contributed by atoms with E-state index < -0.39 is 0 Å². The molecule has 16 heavy (non-hydrogen) atoms. The molecule has 0 fully saturated rings. The van der Waals surface area contributed by atoms with Crippen molar-refractivity contribution < 1.29 is 9.53 Å². The minimum atomic E-state index is -0.282. The van der Waals surface area contributed by atoms with Gasteiger partial charge in [-0.25, -0.2) is 4.72 Å². The quantitative estimate of drug-likeness (QED) is 0.652. The van der Waals surface area contributed by atoms with Crippen molar-refractivity contribution in [1.82, 2.24) is 4.72 Å². The number of rotatable bonds is 2. The van der Waals surface area contributed by atoms with Gasteiger partial charge in [0.25, 0.3) is 0 Å². The third-order valence-electron chi connectivity index (χ3n) is 2.33. The van der Waals surface area contributed by atoms with Crippen LogP contribution in [-0.4, -0.2) is 18.6 Å². The normalized spacial score (nSPS) is 19.0. The van der Waals surface area contributed by atoms with Crippen molar-refractivity contribution in [2.24, 2.45) is 0 Å². The van der Waals surface area contributed by atoms with E-state index >= 15 is 0 Å². The lowest BCUT2D eigenvalue weighted by atomic mass is 10.1. The molecule has 3 nitrogen and oxygen atoms in total. The molecule has 0 amide bonds. The summed E-state index contributed by atoms with van der Waals surface area (Å²) in [6.07, 6.45) is 0.627. The molecule has 86 valence electrons. The van der Waals surface area contributed by atoms with Gasteiger partial charge in [0, 0.05) is 16.3 Å². The zero-order valence-corrected chi connectivity index (χ0v) is 10.4. The topological polar surface area (TPSA) is 38.3 Å². The Hall–Kier alpha value is -0.710. The minimum absolute atomic E-state index is 0.208. The van der Waals surface area contributed by atoms with E-state index in [0.29, 0.717) is 18.1 Å². The lowest BCUT2D eigenvalue weighted by Crippen LogP contribution is -2.38. The Labute approximate surface area is 104 Å². The van der Waals surface area contributed by atoms with Gasteiger partial charge in [0.05, 0.1) is 6.61 Å². The molecule has 1 aliphatic rings. The molecule has 1 atom stereocenters. The summed E-state index contributed by atoms with van der Waals surface area (Å²) in [5.41, 5.74) is 1.09. The van der Waals surface area contributed by atoms with Crippen molar-refractivity contribution in [2.75, 3.05) is 6.61 Å². The number of hydrogen-bond donors (Lipinski definition) is 1. The first-order chi connectivity index (χ1) is 7.70. The third-order valence-corrected chi connectivity index (χ3v) is 3.58. The lowest BCUT2D eigenvalue weighted by molar-refractivity contribution is -0.145. The van der Waals surface area contributed by atoms with Crippen molar-refractivity contribution in [2.45, 2.75) is 24.3 Å². The fraction of sp³-hybridized carbons (Fsp3) is 0.364. The Kier molecular flexibility index (Phi) is 3.74. The second-order valence-electron chi connectivity index (χ2n) is 3.48. The smallest absolute Gasteiger partial charge is 0.324 e. The van der Waals surface area contributed by atoms with Gasteiger partial charge in [-0.3, -0.25) is 4.79 Å². The number of esters is 1. The Morgan fingerprint density at radius 3 is 3.25 bits per heavy atom. The van der Waals surface area contributed by atoms with Crippen LogP contribution in [0.1, 0.15) is 12.5 Å². The first-order valence-corrected chi connectivity index (χ1v) is 6.27. The maximum atomic E-state index is 11.6. The van der Waals surface area contributed by atoms with Crippen LogP contribution in [0.5, 0.6) is 0 Å². The number of carbonyl (C=O) groups is 1. The van der Waals surface area contributed by atoms with Crippen LogP contribution in [0.3, 0.4) is 0 Å². The maximum absolute atomic E-state index is 11.6. The van der Waals surface area contributed by atoms with Crippen LogP contribution in [0.4, 0.5) is 0 Å². The van der Waals surface area contributed by atoms with Crippen LogP contribution in [0.15, 0.2) is 23.1 Å². The van der Waals surface area contributed by atoms with Crippen LogP contribution in [-0.2, 0) is 16.0 Å². The van der Waals surface area contributed by atoms with Gasteiger partial charge in [-0.2, -0.15) is 0 Å². The lowest BCUT2D eigenvalue weighted by Gasteiger charge is -2.23. The summed E-state index contributed by atoms with van der Waals surface area (Å²) in [4.78, 5) is 12.7. The summed E-state index contributed by atoms with van der Waals surface area (Å²) < 4.78 is 8.06. The van der Waals surface area contributed by atoms with E-state index in [4.69, 9.17) is 16.3 Å². The van der Waals surface area contributed by atoms with Gasteiger partial charge in [0.2, 0.25) is 0 Å². The fourth-order valence-corrected chi connectivity index (χ4v) is 2.63. The largest absolute Gasteiger partial charge is 0.465 e. The van der Waals surface area contributed by atoms with Gasteiger partial charge in [0.15, 0.2) is 0 Å². The summed E-state index contributed by atoms with van der Waals surface area (Å²) in [5.74, 6) is -0.208. The summed E-state index contributed by atoms with van der Waals surface area (Å²) in [7, 11) is 0. The Morgan fingerprint density at radius 1 is 1.69 bits per heavy atom. The van der Waals surface area contributed by atoms with E-state index in [1.54, 1.807) is 6.92 Å². The Morgan fingerprint density at radius 2 is 2.50 bits per heavy atom. The van der Waals surface area contributed by atoms with Crippen LogP contribution in [0, 0.1) is 0 Å². The van der Waals surface area contributed by atoms with E-state index in [-0.39, 0.29) is 12.0 Å². The average Bonchev–Trinajstić information content (AvgIpc) is 2.28. The highest BCUT2D eigenvalue weighted by atomic mass is 35.5. The molecule has 0 aliphatic carbocycles. The average molecular weight is 258 g/mol. The molecule has 0 spiro atoms. The molecule has 1 aromatic rings. The summed E-state index contributed by atoms with van der Waals surface area (Å²) in [6.45, 7) is 2.21. The predicted octanol–water partition coefficient (Wildman–Crippen LogP) is 2.42. The highest BCUT2D eigenvalue weighted by molar-refractivity contribution is 7.97. The molecular weight excluding hydrogens is 246 g/mol. The molecule has 1 N–H and O–H groups in total. The molecule has 5 heteroatoms.